The predicted octanol–water partition coefficient (Wildman–Crippen LogP) is 10.3. The SMILES string of the molecule is C=Cc1c(N(C)C)ncc(C(C)=NC)c1C(=C)C.CC.CCCC(CO)CCC.CCCc1ccc(CC)cc1Cl. The maximum atomic E-state index is 8.79. The van der Waals surface area contributed by atoms with Crippen LogP contribution in [0.15, 0.2) is 42.5 Å². The summed E-state index contributed by atoms with van der Waals surface area (Å²) in [6.07, 6.45) is 11.8. The molecule has 0 fully saturated rings. The number of aromatic nitrogens is 1. The molecule has 0 atom stereocenters. The molecule has 2 rings (SSSR count). The molecule has 0 saturated heterocycles. The molecule has 1 N–H and O–H groups in total. The van der Waals surface area contributed by atoms with E-state index in [4.69, 9.17) is 16.7 Å². The Bertz CT molecular complexity index is 1040. The Hall–Kier alpha value is -2.43. The number of rotatable bonds is 12. The highest BCUT2D eigenvalue weighted by Crippen LogP contribution is 2.29. The van der Waals surface area contributed by atoms with Gasteiger partial charge in [-0.1, -0.05) is 104 Å². The van der Waals surface area contributed by atoms with Crippen LogP contribution in [0.4, 0.5) is 5.82 Å². The largest absolute Gasteiger partial charge is 0.396 e. The zero-order valence-corrected chi connectivity index (χ0v) is 29.0. The molecule has 41 heavy (non-hydrogen) atoms. The molecule has 0 saturated carbocycles. The number of aliphatic imine (C=N–C) groups is 1. The first kappa shape index (κ1) is 40.7. The molecule has 4 nitrogen and oxygen atoms in total. The second-order valence-corrected chi connectivity index (χ2v) is 10.5. The molecule has 0 aliphatic heterocycles. The molecule has 1 aromatic carbocycles. The van der Waals surface area contributed by atoms with Crippen molar-refractivity contribution in [2.45, 2.75) is 100 Å². The second-order valence-electron chi connectivity index (χ2n) is 10.1. The highest BCUT2D eigenvalue weighted by molar-refractivity contribution is 6.31. The van der Waals surface area contributed by atoms with E-state index in [2.05, 4.69) is 69.0 Å². The molecule has 0 spiro atoms. The Labute approximate surface area is 258 Å². The molecule has 0 bridgehead atoms. The summed E-state index contributed by atoms with van der Waals surface area (Å²) < 4.78 is 0. The van der Waals surface area contributed by atoms with Gasteiger partial charge in [-0.2, -0.15) is 0 Å². The first-order chi connectivity index (χ1) is 19.6. The van der Waals surface area contributed by atoms with Crippen LogP contribution in [-0.4, -0.2) is 43.6 Å². The number of benzene rings is 1. The molecular weight excluding hydrogens is 526 g/mol. The first-order valence-corrected chi connectivity index (χ1v) is 15.7. The van der Waals surface area contributed by atoms with E-state index in [1.807, 2.05) is 59.0 Å². The molecule has 1 heterocycles. The van der Waals surface area contributed by atoms with Gasteiger partial charge >= 0.3 is 0 Å². The average molecular weight is 586 g/mol. The summed E-state index contributed by atoms with van der Waals surface area (Å²) in [5.41, 5.74) is 7.64. The number of aryl methyl sites for hydroxylation is 2. The predicted molar refractivity (Wildman–Crippen MR) is 188 cm³/mol. The van der Waals surface area contributed by atoms with Crippen LogP contribution < -0.4 is 4.90 Å². The van der Waals surface area contributed by atoms with E-state index in [0.29, 0.717) is 12.5 Å². The number of hydrogen-bond donors (Lipinski definition) is 1. The van der Waals surface area contributed by atoms with Crippen LogP contribution in [0.5, 0.6) is 0 Å². The third kappa shape index (κ3) is 14.9. The summed E-state index contributed by atoms with van der Waals surface area (Å²) in [6.45, 7) is 25.0. The van der Waals surface area contributed by atoms with Gasteiger partial charge in [0.1, 0.15) is 5.82 Å². The van der Waals surface area contributed by atoms with E-state index >= 15 is 0 Å². The fraction of sp³-hybridized carbons (Fsp3) is 0.556. The third-order valence-electron chi connectivity index (χ3n) is 6.57. The van der Waals surface area contributed by atoms with Crippen molar-refractivity contribution in [1.29, 1.82) is 0 Å². The van der Waals surface area contributed by atoms with E-state index in [1.165, 1.54) is 36.8 Å². The number of hydrogen-bond acceptors (Lipinski definition) is 4. The summed E-state index contributed by atoms with van der Waals surface area (Å²) in [6, 6.07) is 6.38. The number of aliphatic hydroxyl groups is 1. The number of pyridine rings is 1. The van der Waals surface area contributed by atoms with Gasteiger partial charge in [-0.15, -0.1) is 0 Å². The van der Waals surface area contributed by atoms with Gasteiger partial charge in [0.05, 0.1) is 0 Å². The third-order valence-corrected chi connectivity index (χ3v) is 6.92. The van der Waals surface area contributed by atoms with Crippen molar-refractivity contribution < 1.29 is 5.11 Å². The van der Waals surface area contributed by atoms with Crippen LogP contribution in [0.3, 0.4) is 0 Å². The van der Waals surface area contributed by atoms with Crippen molar-refractivity contribution in [1.82, 2.24) is 4.98 Å². The Morgan fingerprint density at radius 1 is 1.07 bits per heavy atom. The van der Waals surface area contributed by atoms with Gasteiger partial charge in [-0.05, 0) is 73.8 Å². The van der Waals surface area contributed by atoms with E-state index < -0.39 is 0 Å². The van der Waals surface area contributed by atoms with Crippen LogP contribution in [-0.2, 0) is 12.8 Å². The van der Waals surface area contributed by atoms with Gasteiger partial charge in [0.15, 0.2) is 0 Å². The fourth-order valence-electron chi connectivity index (χ4n) is 4.35. The lowest BCUT2D eigenvalue weighted by molar-refractivity contribution is 0.209. The van der Waals surface area contributed by atoms with Crippen LogP contribution in [0.1, 0.15) is 115 Å². The molecule has 5 heteroatoms. The molecule has 0 unspecified atom stereocenters. The van der Waals surface area contributed by atoms with Crippen LogP contribution in [0, 0.1) is 5.92 Å². The van der Waals surface area contributed by atoms with Crippen LogP contribution >= 0.6 is 11.6 Å². The molecule has 0 aliphatic carbocycles. The summed E-state index contributed by atoms with van der Waals surface area (Å²) in [5.74, 6) is 1.47. The minimum absolute atomic E-state index is 0.377. The minimum atomic E-state index is 0.377. The Morgan fingerprint density at radius 2 is 1.66 bits per heavy atom. The summed E-state index contributed by atoms with van der Waals surface area (Å²) in [4.78, 5) is 10.7. The fourth-order valence-corrected chi connectivity index (χ4v) is 4.64. The zero-order valence-electron chi connectivity index (χ0n) is 28.2. The molecule has 1 aromatic heterocycles. The Morgan fingerprint density at radius 3 is 2.02 bits per heavy atom. The first-order valence-electron chi connectivity index (χ1n) is 15.4. The van der Waals surface area contributed by atoms with Crippen molar-refractivity contribution in [3.63, 3.8) is 0 Å². The van der Waals surface area contributed by atoms with E-state index in [9.17, 15) is 0 Å². The Kier molecular flexibility index (Phi) is 24.0. The maximum Gasteiger partial charge on any atom is 0.135 e. The highest BCUT2D eigenvalue weighted by Gasteiger charge is 2.15. The smallest absolute Gasteiger partial charge is 0.135 e. The van der Waals surface area contributed by atoms with Crippen molar-refractivity contribution in [2.75, 3.05) is 32.6 Å². The monoisotopic (exact) mass is 585 g/mol. The van der Waals surface area contributed by atoms with E-state index in [0.717, 1.165) is 58.1 Å². The number of allylic oxidation sites excluding steroid dienone is 1. The molecule has 2 aromatic rings. The number of aliphatic hydroxyl groups excluding tert-OH is 1. The maximum absolute atomic E-state index is 8.79. The number of nitrogens with zero attached hydrogens (tertiary/aromatic N) is 3. The topological polar surface area (TPSA) is 48.7 Å². The molecular formula is C36H60ClN3O. The normalized spacial score (nSPS) is 10.4. The molecule has 0 radical (unpaired) electrons. The van der Waals surface area contributed by atoms with E-state index in [1.54, 1.807) is 7.05 Å². The second kappa shape index (κ2) is 24.2. The standard InChI is InChI=1S/C15H21N3.C11H15Cl.C8H18O.C2H6/c1-8-12-14(10(2)3)13(11(4)16-5)9-17-15(12)18(6)7;1-3-5-10-7-6-9(4-2)8-11(10)12;1-3-5-8(7-9)6-4-2;1-2/h8-9H,1-2H2,3-7H3;6-8H,3-5H2,1-2H3;8-9H,3-7H2,1-2H3;1-2H3. The van der Waals surface area contributed by atoms with Crippen molar-refractivity contribution in [3.8, 4) is 0 Å². The van der Waals surface area contributed by atoms with Gasteiger partial charge in [0, 0.05) is 55.8 Å². The van der Waals surface area contributed by atoms with E-state index in [-0.39, 0.29) is 0 Å². The van der Waals surface area contributed by atoms with Crippen molar-refractivity contribution >= 4 is 34.8 Å². The lowest BCUT2D eigenvalue weighted by Crippen LogP contribution is -2.15. The quantitative estimate of drug-likeness (QED) is 0.252. The lowest BCUT2D eigenvalue weighted by Gasteiger charge is -2.20. The lowest BCUT2D eigenvalue weighted by atomic mass is 9.95. The van der Waals surface area contributed by atoms with Crippen molar-refractivity contribution in [2.24, 2.45) is 10.9 Å². The summed E-state index contributed by atoms with van der Waals surface area (Å²) in [5, 5.41) is 9.72. The molecule has 0 amide bonds. The Balaban J connectivity index is 0. The van der Waals surface area contributed by atoms with Gasteiger partial charge in [0.2, 0.25) is 0 Å². The van der Waals surface area contributed by atoms with Crippen LogP contribution in [0.25, 0.3) is 11.6 Å². The average Bonchev–Trinajstić information content (AvgIpc) is 2.98. The van der Waals surface area contributed by atoms with Gasteiger partial charge in [-0.25, -0.2) is 4.98 Å². The van der Waals surface area contributed by atoms with Gasteiger partial charge in [-0.3, -0.25) is 4.99 Å². The van der Waals surface area contributed by atoms with Gasteiger partial charge < -0.3 is 10.0 Å². The number of anilines is 1. The summed E-state index contributed by atoms with van der Waals surface area (Å²) in [7, 11) is 5.72. The van der Waals surface area contributed by atoms with Crippen molar-refractivity contribution in [3.05, 3.63) is 70.4 Å². The highest BCUT2D eigenvalue weighted by atomic mass is 35.5. The molecule has 0 aliphatic rings. The molecule has 232 valence electrons. The summed E-state index contributed by atoms with van der Waals surface area (Å²) >= 11 is 6.09. The van der Waals surface area contributed by atoms with Crippen LogP contribution in [0.2, 0.25) is 5.02 Å². The number of halogens is 1. The minimum Gasteiger partial charge on any atom is -0.396 e. The van der Waals surface area contributed by atoms with Gasteiger partial charge in [0.25, 0.3) is 0 Å². The zero-order chi connectivity index (χ0) is 32.0.